The van der Waals surface area contributed by atoms with Crippen LogP contribution >= 0.6 is 0 Å². The Hall–Kier alpha value is -1.22. The first-order valence-corrected chi connectivity index (χ1v) is 5.10. The number of nitrogens with two attached hydrogens (primary N) is 1. The zero-order valence-corrected chi connectivity index (χ0v) is 8.53. The number of hydrogen-bond acceptors (Lipinski definition) is 3. The van der Waals surface area contributed by atoms with E-state index in [0.29, 0.717) is 6.04 Å². The molecule has 0 radical (unpaired) electrons. The van der Waals surface area contributed by atoms with Gasteiger partial charge in [-0.2, -0.15) is 0 Å². The van der Waals surface area contributed by atoms with Gasteiger partial charge in [-0.15, -0.1) is 0 Å². The maximum Gasteiger partial charge on any atom is 0.0600 e. The van der Waals surface area contributed by atoms with Crippen LogP contribution in [0.1, 0.15) is 6.92 Å². The molecule has 1 aromatic carbocycles. The summed E-state index contributed by atoms with van der Waals surface area (Å²) in [6, 6.07) is 8.61. The summed E-state index contributed by atoms with van der Waals surface area (Å²) in [4.78, 5) is 2.34. The molecule has 1 aliphatic heterocycles. The van der Waals surface area contributed by atoms with Crippen molar-refractivity contribution < 1.29 is 0 Å². The van der Waals surface area contributed by atoms with Crippen LogP contribution in [0.4, 0.5) is 11.4 Å². The van der Waals surface area contributed by atoms with Gasteiger partial charge in [-0.05, 0) is 19.1 Å². The van der Waals surface area contributed by atoms with Crippen molar-refractivity contribution in [3.05, 3.63) is 24.3 Å². The van der Waals surface area contributed by atoms with Gasteiger partial charge in [0.15, 0.2) is 0 Å². The second kappa shape index (κ2) is 3.88. The quantitative estimate of drug-likeness (QED) is 0.652. The summed E-state index contributed by atoms with van der Waals surface area (Å²) in [5.41, 5.74) is 7.98. The highest BCUT2D eigenvalue weighted by Crippen LogP contribution is 2.23. The molecule has 3 nitrogen and oxygen atoms in total. The highest BCUT2D eigenvalue weighted by atomic mass is 15.2. The van der Waals surface area contributed by atoms with E-state index >= 15 is 0 Å². The number of rotatable bonds is 1. The molecule has 1 aromatic rings. The summed E-state index contributed by atoms with van der Waals surface area (Å²) in [6.45, 7) is 5.31. The van der Waals surface area contributed by atoms with Crippen LogP contribution in [-0.2, 0) is 0 Å². The van der Waals surface area contributed by atoms with Gasteiger partial charge < -0.3 is 16.0 Å². The van der Waals surface area contributed by atoms with E-state index in [9.17, 15) is 0 Å². The summed E-state index contributed by atoms with van der Waals surface area (Å²) >= 11 is 0. The second-order valence-corrected chi connectivity index (χ2v) is 3.86. The summed E-state index contributed by atoms with van der Waals surface area (Å²) in [7, 11) is 0. The van der Waals surface area contributed by atoms with E-state index in [4.69, 9.17) is 5.73 Å². The van der Waals surface area contributed by atoms with Crippen LogP contribution in [0.25, 0.3) is 0 Å². The van der Waals surface area contributed by atoms with Crippen molar-refractivity contribution in [1.82, 2.24) is 5.32 Å². The normalized spacial score (nSPS) is 22.4. The van der Waals surface area contributed by atoms with Gasteiger partial charge in [-0.1, -0.05) is 12.1 Å². The molecule has 1 heterocycles. The molecule has 3 N–H and O–H groups in total. The molecule has 0 aromatic heterocycles. The fourth-order valence-corrected chi connectivity index (χ4v) is 1.93. The first kappa shape index (κ1) is 9.34. The lowest BCUT2D eigenvalue weighted by Crippen LogP contribution is -2.49. The molecule has 76 valence electrons. The van der Waals surface area contributed by atoms with Gasteiger partial charge in [0.2, 0.25) is 0 Å². The van der Waals surface area contributed by atoms with Crippen molar-refractivity contribution in [2.45, 2.75) is 13.0 Å². The number of nitrogens with one attached hydrogen (secondary N) is 1. The molecule has 2 rings (SSSR count). The zero-order valence-electron chi connectivity index (χ0n) is 8.53. The van der Waals surface area contributed by atoms with Gasteiger partial charge in [0, 0.05) is 25.7 Å². The first-order valence-electron chi connectivity index (χ1n) is 5.10. The van der Waals surface area contributed by atoms with Gasteiger partial charge in [0.25, 0.3) is 0 Å². The monoisotopic (exact) mass is 191 g/mol. The molecule has 0 unspecified atom stereocenters. The van der Waals surface area contributed by atoms with Crippen LogP contribution in [-0.4, -0.2) is 25.7 Å². The molecule has 1 aliphatic rings. The van der Waals surface area contributed by atoms with Crippen molar-refractivity contribution >= 4 is 11.4 Å². The van der Waals surface area contributed by atoms with Gasteiger partial charge >= 0.3 is 0 Å². The minimum absolute atomic E-state index is 0.545. The standard InChI is InChI=1S/C11H17N3/c1-9-8-14(7-6-13-9)11-5-3-2-4-10(11)12/h2-5,9,13H,6-8,12H2,1H3/t9-/m0/s1. The number of para-hydroxylation sites is 2. The third-order valence-corrected chi connectivity index (χ3v) is 2.65. The number of hydrogen-bond donors (Lipinski definition) is 2. The molecule has 0 spiro atoms. The molecular weight excluding hydrogens is 174 g/mol. The summed E-state index contributed by atoms with van der Waals surface area (Å²) < 4.78 is 0. The Kier molecular flexibility index (Phi) is 2.59. The molecule has 0 amide bonds. The van der Waals surface area contributed by atoms with E-state index in [1.807, 2.05) is 18.2 Å². The predicted molar refractivity (Wildman–Crippen MR) is 60.5 cm³/mol. The summed E-state index contributed by atoms with van der Waals surface area (Å²) in [6.07, 6.45) is 0. The molecule has 3 heteroatoms. The van der Waals surface area contributed by atoms with Gasteiger partial charge in [0.1, 0.15) is 0 Å². The van der Waals surface area contributed by atoms with Crippen molar-refractivity contribution in [2.24, 2.45) is 0 Å². The lowest BCUT2D eigenvalue weighted by Gasteiger charge is -2.34. The van der Waals surface area contributed by atoms with E-state index in [1.54, 1.807) is 0 Å². The average molecular weight is 191 g/mol. The Labute approximate surface area is 84.9 Å². The fraction of sp³-hybridized carbons (Fsp3) is 0.455. The number of anilines is 2. The van der Waals surface area contributed by atoms with E-state index in [0.717, 1.165) is 25.3 Å². The number of nitrogen functional groups attached to an aromatic ring is 1. The second-order valence-electron chi connectivity index (χ2n) is 3.86. The number of nitrogens with zero attached hydrogens (tertiary/aromatic N) is 1. The predicted octanol–water partition coefficient (Wildman–Crippen LogP) is 1.07. The Morgan fingerprint density at radius 1 is 1.43 bits per heavy atom. The number of piperazine rings is 1. The van der Waals surface area contributed by atoms with Gasteiger partial charge in [-0.25, -0.2) is 0 Å². The van der Waals surface area contributed by atoms with Gasteiger partial charge in [0.05, 0.1) is 11.4 Å². The third-order valence-electron chi connectivity index (χ3n) is 2.65. The molecule has 1 atom stereocenters. The Morgan fingerprint density at radius 2 is 2.21 bits per heavy atom. The number of benzene rings is 1. The minimum atomic E-state index is 0.545. The Bertz CT molecular complexity index is 311. The van der Waals surface area contributed by atoms with E-state index in [1.165, 1.54) is 5.69 Å². The summed E-state index contributed by atoms with van der Waals surface area (Å²) in [5.74, 6) is 0. The summed E-state index contributed by atoms with van der Waals surface area (Å²) in [5, 5.41) is 3.42. The van der Waals surface area contributed by atoms with Crippen molar-refractivity contribution in [1.29, 1.82) is 0 Å². The fourth-order valence-electron chi connectivity index (χ4n) is 1.93. The van der Waals surface area contributed by atoms with Crippen LogP contribution < -0.4 is 16.0 Å². The van der Waals surface area contributed by atoms with Crippen LogP contribution in [0.2, 0.25) is 0 Å². The maximum absolute atomic E-state index is 5.93. The molecule has 0 saturated carbocycles. The zero-order chi connectivity index (χ0) is 9.97. The van der Waals surface area contributed by atoms with Crippen molar-refractivity contribution in [2.75, 3.05) is 30.3 Å². The molecule has 1 fully saturated rings. The highest BCUT2D eigenvalue weighted by Gasteiger charge is 2.16. The average Bonchev–Trinajstić information content (AvgIpc) is 2.18. The van der Waals surface area contributed by atoms with E-state index in [-0.39, 0.29) is 0 Å². The minimum Gasteiger partial charge on any atom is -0.397 e. The highest BCUT2D eigenvalue weighted by molar-refractivity contribution is 5.67. The van der Waals surface area contributed by atoms with Crippen LogP contribution in [0.5, 0.6) is 0 Å². The van der Waals surface area contributed by atoms with Gasteiger partial charge in [-0.3, -0.25) is 0 Å². The van der Waals surface area contributed by atoms with Crippen molar-refractivity contribution in [3.63, 3.8) is 0 Å². The largest absolute Gasteiger partial charge is 0.397 e. The maximum atomic E-state index is 5.93. The van der Waals surface area contributed by atoms with E-state index in [2.05, 4.69) is 23.2 Å². The lowest BCUT2D eigenvalue weighted by molar-refractivity contribution is 0.485. The smallest absolute Gasteiger partial charge is 0.0600 e. The van der Waals surface area contributed by atoms with Crippen LogP contribution in [0, 0.1) is 0 Å². The Balaban J connectivity index is 2.18. The van der Waals surface area contributed by atoms with E-state index < -0.39 is 0 Å². The molecule has 0 bridgehead atoms. The lowest BCUT2D eigenvalue weighted by atomic mass is 10.2. The molecule has 14 heavy (non-hydrogen) atoms. The first-order chi connectivity index (χ1) is 6.77. The Morgan fingerprint density at radius 3 is 2.93 bits per heavy atom. The van der Waals surface area contributed by atoms with Crippen LogP contribution in [0.15, 0.2) is 24.3 Å². The molecule has 0 aliphatic carbocycles. The molecule has 1 saturated heterocycles. The van der Waals surface area contributed by atoms with Crippen molar-refractivity contribution in [3.8, 4) is 0 Å². The SMILES string of the molecule is C[C@H]1CN(c2ccccc2N)CCN1. The molecular formula is C11H17N3. The topological polar surface area (TPSA) is 41.3 Å². The van der Waals surface area contributed by atoms with Crippen LogP contribution in [0.3, 0.4) is 0 Å². The third kappa shape index (κ3) is 1.82.